The molecule has 0 aliphatic carbocycles. The Hall–Kier alpha value is -2.11. The molecule has 0 aromatic heterocycles. The predicted molar refractivity (Wildman–Crippen MR) is 98.1 cm³/mol. The quantitative estimate of drug-likeness (QED) is 0.665. The molecule has 25 heavy (non-hydrogen) atoms. The van der Waals surface area contributed by atoms with Gasteiger partial charge in [-0.2, -0.15) is 0 Å². The second kappa shape index (κ2) is 10.0. The molecule has 7 heteroatoms. The molecule has 0 unspecified atom stereocenters. The van der Waals surface area contributed by atoms with Crippen molar-refractivity contribution in [3.05, 3.63) is 52.5 Å². The molecule has 2 aromatic rings. The van der Waals surface area contributed by atoms with Crippen LogP contribution in [0.15, 0.2) is 42.5 Å². The Labute approximate surface area is 156 Å². The van der Waals surface area contributed by atoms with Crippen LogP contribution in [0.1, 0.15) is 6.42 Å². The van der Waals surface area contributed by atoms with Crippen molar-refractivity contribution in [1.29, 1.82) is 0 Å². The van der Waals surface area contributed by atoms with E-state index in [0.29, 0.717) is 46.9 Å². The molecule has 0 saturated heterocycles. The van der Waals surface area contributed by atoms with E-state index in [0.717, 1.165) is 0 Å². The minimum absolute atomic E-state index is 0.0791. The van der Waals surface area contributed by atoms with Crippen molar-refractivity contribution in [1.82, 2.24) is 5.32 Å². The molecule has 134 valence electrons. The van der Waals surface area contributed by atoms with Crippen molar-refractivity contribution in [2.24, 2.45) is 0 Å². The van der Waals surface area contributed by atoms with Crippen LogP contribution in [0.5, 0.6) is 17.2 Å². The first-order chi connectivity index (χ1) is 12.1. The first kappa shape index (κ1) is 19.2. The van der Waals surface area contributed by atoms with E-state index in [9.17, 15) is 4.79 Å². The maximum absolute atomic E-state index is 11.8. The van der Waals surface area contributed by atoms with Gasteiger partial charge in [0.2, 0.25) is 0 Å². The van der Waals surface area contributed by atoms with Crippen molar-refractivity contribution in [2.75, 3.05) is 26.9 Å². The third-order valence-corrected chi connectivity index (χ3v) is 3.75. The fourth-order valence-corrected chi connectivity index (χ4v) is 2.47. The molecular weight excluding hydrogens is 365 g/mol. The number of rotatable bonds is 9. The van der Waals surface area contributed by atoms with Crippen molar-refractivity contribution in [3.8, 4) is 17.2 Å². The van der Waals surface area contributed by atoms with E-state index >= 15 is 0 Å². The van der Waals surface area contributed by atoms with Crippen LogP contribution in [0.3, 0.4) is 0 Å². The fourth-order valence-electron chi connectivity index (χ4n) is 2.01. The topological polar surface area (TPSA) is 56.8 Å². The smallest absolute Gasteiger partial charge is 0.257 e. The summed E-state index contributed by atoms with van der Waals surface area (Å²) >= 11 is 11.8. The van der Waals surface area contributed by atoms with Crippen LogP contribution in [-0.4, -0.2) is 32.8 Å². The monoisotopic (exact) mass is 383 g/mol. The molecule has 0 spiro atoms. The Morgan fingerprint density at radius 1 is 1.04 bits per heavy atom. The molecule has 0 saturated carbocycles. The SMILES string of the molecule is COc1ccccc1OCC(=O)NCCCOc1ccc(Cl)cc1Cl. The number of halogens is 2. The van der Waals surface area contributed by atoms with Gasteiger partial charge in [0, 0.05) is 11.6 Å². The Balaban J connectivity index is 1.64. The van der Waals surface area contributed by atoms with Gasteiger partial charge in [-0.05, 0) is 36.8 Å². The summed E-state index contributed by atoms with van der Waals surface area (Å²) in [7, 11) is 1.55. The average molecular weight is 384 g/mol. The zero-order valence-corrected chi connectivity index (χ0v) is 15.3. The minimum atomic E-state index is -0.213. The summed E-state index contributed by atoms with van der Waals surface area (Å²) in [6.07, 6.45) is 0.638. The number of benzene rings is 2. The van der Waals surface area contributed by atoms with Gasteiger partial charge in [-0.15, -0.1) is 0 Å². The molecule has 0 fully saturated rings. The molecule has 1 amide bonds. The van der Waals surface area contributed by atoms with Gasteiger partial charge in [-0.1, -0.05) is 35.3 Å². The summed E-state index contributed by atoms with van der Waals surface area (Å²) in [5.41, 5.74) is 0. The molecule has 1 N–H and O–H groups in total. The molecule has 2 aromatic carbocycles. The lowest BCUT2D eigenvalue weighted by Crippen LogP contribution is -2.30. The second-order valence-corrected chi connectivity index (χ2v) is 5.91. The van der Waals surface area contributed by atoms with Crippen molar-refractivity contribution in [2.45, 2.75) is 6.42 Å². The van der Waals surface area contributed by atoms with E-state index in [1.165, 1.54) is 0 Å². The summed E-state index contributed by atoms with van der Waals surface area (Å²) in [5, 5.41) is 3.78. The summed E-state index contributed by atoms with van der Waals surface area (Å²) in [4.78, 5) is 11.8. The lowest BCUT2D eigenvalue weighted by atomic mass is 10.3. The highest BCUT2D eigenvalue weighted by atomic mass is 35.5. The molecule has 0 heterocycles. The number of hydrogen-bond donors (Lipinski definition) is 1. The van der Waals surface area contributed by atoms with Gasteiger partial charge < -0.3 is 19.5 Å². The third-order valence-electron chi connectivity index (χ3n) is 3.22. The van der Waals surface area contributed by atoms with Crippen LogP contribution in [0, 0.1) is 0 Å². The second-order valence-electron chi connectivity index (χ2n) is 5.07. The van der Waals surface area contributed by atoms with E-state index in [2.05, 4.69) is 5.32 Å². The van der Waals surface area contributed by atoms with Crippen LogP contribution in [-0.2, 0) is 4.79 Å². The lowest BCUT2D eigenvalue weighted by molar-refractivity contribution is -0.123. The van der Waals surface area contributed by atoms with E-state index in [1.54, 1.807) is 37.4 Å². The zero-order valence-electron chi connectivity index (χ0n) is 13.8. The van der Waals surface area contributed by atoms with Crippen LogP contribution in [0.2, 0.25) is 10.0 Å². The number of amides is 1. The number of carbonyl (C=O) groups excluding carboxylic acids is 1. The van der Waals surface area contributed by atoms with Crippen molar-refractivity contribution in [3.63, 3.8) is 0 Å². The van der Waals surface area contributed by atoms with Gasteiger partial charge in [0.15, 0.2) is 18.1 Å². The van der Waals surface area contributed by atoms with Crippen LogP contribution < -0.4 is 19.5 Å². The highest BCUT2D eigenvalue weighted by Crippen LogP contribution is 2.27. The van der Waals surface area contributed by atoms with Crippen LogP contribution in [0.25, 0.3) is 0 Å². The third kappa shape index (κ3) is 6.36. The number of nitrogens with one attached hydrogen (secondary N) is 1. The highest BCUT2D eigenvalue weighted by Gasteiger charge is 2.07. The molecule has 2 rings (SSSR count). The first-order valence-electron chi connectivity index (χ1n) is 7.70. The fraction of sp³-hybridized carbons (Fsp3) is 0.278. The average Bonchev–Trinajstić information content (AvgIpc) is 2.61. The lowest BCUT2D eigenvalue weighted by Gasteiger charge is -2.11. The Bertz CT molecular complexity index is 709. The van der Waals surface area contributed by atoms with E-state index < -0.39 is 0 Å². The van der Waals surface area contributed by atoms with Gasteiger partial charge in [-0.25, -0.2) is 0 Å². The molecule has 0 aliphatic heterocycles. The zero-order chi connectivity index (χ0) is 18.1. The number of carbonyl (C=O) groups is 1. The summed E-state index contributed by atoms with van der Waals surface area (Å²) in [6.45, 7) is 0.818. The molecule has 0 atom stereocenters. The highest BCUT2D eigenvalue weighted by molar-refractivity contribution is 6.35. The summed E-state index contributed by atoms with van der Waals surface area (Å²) in [5.74, 6) is 1.47. The van der Waals surface area contributed by atoms with E-state index in [1.807, 2.05) is 12.1 Å². The molecule has 5 nitrogen and oxygen atoms in total. The largest absolute Gasteiger partial charge is 0.493 e. The predicted octanol–water partition coefficient (Wildman–Crippen LogP) is 3.97. The maximum Gasteiger partial charge on any atom is 0.257 e. The van der Waals surface area contributed by atoms with Gasteiger partial charge in [0.25, 0.3) is 5.91 Å². The van der Waals surface area contributed by atoms with Crippen molar-refractivity contribution < 1.29 is 19.0 Å². The molecular formula is C18H19Cl2NO4. The van der Waals surface area contributed by atoms with E-state index in [-0.39, 0.29) is 12.5 Å². The van der Waals surface area contributed by atoms with Crippen LogP contribution >= 0.6 is 23.2 Å². The Morgan fingerprint density at radius 2 is 1.80 bits per heavy atom. The summed E-state index contributed by atoms with van der Waals surface area (Å²) in [6, 6.07) is 12.2. The Morgan fingerprint density at radius 3 is 2.52 bits per heavy atom. The summed E-state index contributed by atoms with van der Waals surface area (Å²) < 4.78 is 16.1. The van der Waals surface area contributed by atoms with Gasteiger partial charge in [0.1, 0.15) is 5.75 Å². The standard InChI is InChI=1S/C18H19Cl2NO4/c1-23-16-5-2-3-6-17(16)25-12-18(22)21-9-4-10-24-15-8-7-13(19)11-14(15)20/h2-3,5-8,11H,4,9-10,12H2,1H3,(H,21,22). The van der Waals surface area contributed by atoms with Crippen LogP contribution in [0.4, 0.5) is 0 Å². The normalized spacial score (nSPS) is 10.2. The molecule has 0 aliphatic rings. The number of methoxy groups -OCH3 is 1. The maximum atomic E-state index is 11.8. The number of para-hydroxylation sites is 2. The first-order valence-corrected chi connectivity index (χ1v) is 8.46. The molecule has 0 radical (unpaired) electrons. The number of ether oxygens (including phenoxy) is 3. The Kier molecular flexibility index (Phi) is 7.70. The van der Waals surface area contributed by atoms with Crippen molar-refractivity contribution >= 4 is 29.1 Å². The van der Waals surface area contributed by atoms with Gasteiger partial charge in [0.05, 0.1) is 18.7 Å². The molecule has 0 bridgehead atoms. The number of hydrogen-bond acceptors (Lipinski definition) is 4. The van der Waals surface area contributed by atoms with E-state index in [4.69, 9.17) is 37.4 Å². The van der Waals surface area contributed by atoms with Gasteiger partial charge >= 0.3 is 0 Å². The van der Waals surface area contributed by atoms with Gasteiger partial charge in [-0.3, -0.25) is 4.79 Å². The minimum Gasteiger partial charge on any atom is -0.493 e.